The van der Waals surface area contributed by atoms with Crippen LogP contribution in [0.3, 0.4) is 0 Å². The Bertz CT molecular complexity index is 477. The number of aliphatic imine (C=N–C) groups is 1. The fourth-order valence-electron chi connectivity index (χ4n) is 3.13. The Kier molecular flexibility index (Phi) is 7.32. The van der Waals surface area contributed by atoms with Gasteiger partial charge in [0.25, 0.3) is 0 Å². The summed E-state index contributed by atoms with van der Waals surface area (Å²) >= 11 is 0. The Morgan fingerprint density at radius 3 is 2.78 bits per heavy atom. The third-order valence-corrected chi connectivity index (χ3v) is 4.59. The van der Waals surface area contributed by atoms with Crippen molar-refractivity contribution in [2.45, 2.75) is 51.6 Å². The summed E-state index contributed by atoms with van der Waals surface area (Å²) in [6, 6.07) is 0.771. The molecule has 1 fully saturated rings. The van der Waals surface area contributed by atoms with E-state index in [1.807, 2.05) is 7.05 Å². The minimum atomic E-state index is 0.771. The molecule has 1 saturated carbocycles. The van der Waals surface area contributed by atoms with Gasteiger partial charge in [0.1, 0.15) is 12.2 Å². The number of hydrogen-bond acceptors (Lipinski definition) is 4. The van der Waals surface area contributed by atoms with Crippen LogP contribution in [0.15, 0.2) is 11.3 Å². The van der Waals surface area contributed by atoms with Crippen molar-refractivity contribution in [2.24, 2.45) is 4.99 Å². The molecule has 0 atom stereocenters. The molecule has 0 bridgehead atoms. The van der Waals surface area contributed by atoms with Gasteiger partial charge in [-0.25, -0.2) is 0 Å². The molecule has 130 valence electrons. The van der Waals surface area contributed by atoms with E-state index in [9.17, 15) is 0 Å². The van der Waals surface area contributed by atoms with Gasteiger partial charge in [0.15, 0.2) is 5.96 Å². The lowest BCUT2D eigenvalue weighted by molar-refractivity contribution is 0.249. The molecule has 0 amide bonds. The summed E-state index contributed by atoms with van der Waals surface area (Å²) in [7, 11) is 4.04. The second-order valence-corrected chi connectivity index (χ2v) is 6.14. The lowest BCUT2D eigenvalue weighted by Gasteiger charge is -2.24. The second-order valence-electron chi connectivity index (χ2n) is 6.14. The molecule has 0 spiro atoms. The summed E-state index contributed by atoms with van der Waals surface area (Å²) in [6.07, 6.45) is 8.15. The van der Waals surface area contributed by atoms with E-state index in [0.29, 0.717) is 0 Å². The van der Waals surface area contributed by atoms with Gasteiger partial charge in [0.05, 0.1) is 0 Å². The molecule has 23 heavy (non-hydrogen) atoms. The Hall–Kier alpha value is -1.63. The molecule has 2 rings (SSSR count). The van der Waals surface area contributed by atoms with Gasteiger partial charge in [-0.15, -0.1) is 10.2 Å². The van der Waals surface area contributed by atoms with E-state index in [1.54, 1.807) is 6.33 Å². The van der Waals surface area contributed by atoms with Crippen molar-refractivity contribution in [2.75, 3.05) is 33.7 Å². The first-order valence-corrected chi connectivity index (χ1v) is 8.76. The van der Waals surface area contributed by atoms with Gasteiger partial charge in [0.2, 0.25) is 0 Å². The SMILES string of the molecule is CCc1nncn1CCNC(=NC)NCCN(C)C1CCCC1. The zero-order chi connectivity index (χ0) is 16.5. The second kappa shape index (κ2) is 9.50. The zero-order valence-electron chi connectivity index (χ0n) is 14.8. The van der Waals surface area contributed by atoms with Gasteiger partial charge >= 0.3 is 0 Å². The Balaban J connectivity index is 1.63. The van der Waals surface area contributed by atoms with Crippen molar-refractivity contribution in [3.8, 4) is 0 Å². The number of guanidine groups is 1. The lowest BCUT2D eigenvalue weighted by atomic mass is 10.2. The van der Waals surface area contributed by atoms with E-state index < -0.39 is 0 Å². The van der Waals surface area contributed by atoms with Gasteiger partial charge < -0.3 is 20.1 Å². The number of nitrogens with zero attached hydrogens (tertiary/aromatic N) is 5. The molecule has 1 heterocycles. The molecular formula is C16H31N7. The number of aryl methyl sites for hydroxylation is 1. The van der Waals surface area contributed by atoms with E-state index in [0.717, 1.165) is 50.4 Å². The van der Waals surface area contributed by atoms with Crippen molar-refractivity contribution >= 4 is 5.96 Å². The number of nitrogens with one attached hydrogen (secondary N) is 2. The highest BCUT2D eigenvalue weighted by Crippen LogP contribution is 2.21. The molecule has 1 aromatic rings. The third-order valence-electron chi connectivity index (χ3n) is 4.59. The van der Waals surface area contributed by atoms with Crippen LogP contribution in [0.1, 0.15) is 38.4 Å². The van der Waals surface area contributed by atoms with Crippen molar-refractivity contribution < 1.29 is 0 Å². The van der Waals surface area contributed by atoms with E-state index in [1.165, 1.54) is 25.7 Å². The minimum absolute atomic E-state index is 0.771. The molecule has 0 radical (unpaired) electrons. The number of likely N-dealkylation sites (N-methyl/N-ethyl adjacent to an activating group) is 1. The maximum absolute atomic E-state index is 4.28. The molecule has 0 aliphatic heterocycles. The lowest BCUT2D eigenvalue weighted by Crippen LogP contribution is -2.43. The summed E-state index contributed by atoms with van der Waals surface area (Å²) in [5.41, 5.74) is 0. The van der Waals surface area contributed by atoms with Gasteiger partial charge in [0, 0.05) is 45.7 Å². The molecule has 7 nitrogen and oxygen atoms in total. The highest BCUT2D eigenvalue weighted by Gasteiger charge is 2.18. The van der Waals surface area contributed by atoms with Gasteiger partial charge in [-0.3, -0.25) is 4.99 Å². The van der Waals surface area contributed by atoms with E-state index >= 15 is 0 Å². The first-order chi connectivity index (χ1) is 11.2. The average Bonchev–Trinajstić information content (AvgIpc) is 3.24. The van der Waals surface area contributed by atoms with Crippen LogP contribution in [0.25, 0.3) is 0 Å². The maximum atomic E-state index is 4.28. The van der Waals surface area contributed by atoms with Crippen LogP contribution >= 0.6 is 0 Å². The van der Waals surface area contributed by atoms with Gasteiger partial charge in [-0.1, -0.05) is 19.8 Å². The van der Waals surface area contributed by atoms with E-state index in [2.05, 4.69) is 49.3 Å². The van der Waals surface area contributed by atoms with Crippen LogP contribution in [0.5, 0.6) is 0 Å². The predicted octanol–water partition coefficient (Wildman–Crippen LogP) is 0.880. The quantitative estimate of drug-likeness (QED) is 0.549. The molecule has 7 heteroatoms. The zero-order valence-corrected chi connectivity index (χ0v) is 14.8. The van der Waals surface area contributed by atoms with Crippen LogP contribution in [0, 0.1) is 0 Å². The summed E-state index contributed by atoms with van der Waals surface area (Å²) in [6.45, 7) is 5.72. The Labute approximate surface area is 139 Å². The highest BCUT2D eigenvalue weighted by molar-refractivity contribution is 5.79. The van der Waals surface area contributed by atoms with E-state index in [4.69, 9.17) is 0 Å². The van der Waals surface area contributed by atoms with Crippen LogP contribution in [0.4, 0.5) is 0 Å². The van der Waals surface area contributed by atoms with Crippen molar-refractivity contribution in [3.05, 3.63) is 12.2 Å². The van der Waals surface area contributed by atoms with Crippen molar-refractivity contribution in [3.63, 3.8) is 0 Å². The van der Waals surface area contributed by atoms with Crippen LogP contribution in [-0.2, 0) is 13.0 Å². The largest absolute Gasteiger partial charge is 0.355 e. The molecular weight excluding hydrogens is 290 g/mol. The fourth-order valence-corrected chi connectivity index (χ4v) is 3.13. The Morgan fingerprint density at radius 1 is 1.35 bits per heavy atom. The minimum Gasteiger partial charge on any atom is -0.355 e. The summed E-state index contributed by atoms with van der Waals surface area (Å²) in [4.78, 5) is 6.75. The molecule has 1 aromatic heterocycles. The van der Waals surface area contributed by atoms with Crippen molar-refractivity contribution in [1.29, 1.82) is 0 Å². The maximum Gasteiger partial charge on any atom is 0.191 e. The summed E-state index contributed by atoms with van der Waals surface area (Å²) < 4.78 is 2.08. The smallest absolute Gasteiger partial charge is 0.191 e. The monoisotopic (exact) mass is 321 g/mol. The van der Waals surface area contributed by atoms with E-state index in [-0.39, 0.29) is 0 Å². The molecule has 0 saturated heterocycles. The fraction of sp³-hybridized carbons (Fsp3) is 0.812. The normalized spacial score (nSPS) is 16.3. The van der Waals surface area contributed by atoms with Gasteiger partial charge in [-0.05, 0) is 19.9 Å². The average molecular weight is 321 g/mol. The summed E-state index contributed by atoms with van der Waals surface area (Å²) in [5.74, 6) is 1.88. The third kappa shape index (κ3) is 5.49. The number of rotatable bonds is 8. The first kappa shape index (κ1) is 17.7. The Morgan fingerprint density at radius 2 is 2.09 bits per heavy atom. The standard InChI is InChI=1S/C16H31N7/c1-4-15-21-20-13-23(15)12-10-19-16(17-2)18-9-11-22(3)14-7-5-6-8-14/h13-14H,4-12H2,1-3H3,(H2,17,18,19). The topological polar surface area (TPSA) is 70.4 Å². The molecule has 1 aliphatic rings. The number of aromatic nitrogens is 3. The molecule has 0 aromatic carbocycles. The predicted molar refractivity (Wildman–Crippen MR) is 93.7 cm³/mol. The van der Waals surface area contributed by atoms with Crippen molar-refractivity contribution in [1.82, 2.24) is 30.3 Å². The highest BCUT2D eigenvalue weighted by atomic mass is 15.3. The number of hydrogen-bond donors (Lipinski definition) is 2. The molecule has 1 aliphatic carbocycles. The summed E-state index contributed by atoms with van der Waals surface area (Å²) in [5, 5.41) is 14.8. The van der Waals surface area contributed by atoms with Gasteiger partial charge in [-0.2, -0.15) is 0 Å². The molecule has 0 unspecified atom stereocenters. The first-order valence-electron chi connectivity index (χ1n) is 8.76. The van der Waals surface area contributed by atoms with Crippen LogP contribution in [-0.4, -0.2) is 65.4 Å². The van der Waals surface area contributed by atoms with Crippen LogP contribution in [0.2, 0.25) is 0 Å². The molecule has 2 N–H and O–H groups in total. The van der Waals surface area contributed by atoms with Crippen LogP contribution < -0.4 is 10.6 Å².